The molecule has 1 fully saturated rings. The second-order valence-corrected chi connectivity index (χ2v) is 12.8. The Balaban J connectivity index is 1.27. The minimum atomic E-state index is -3.59. The molecule has 0 saturated heterocycles. The summed E-state index contributed by atoms with van der Waals surface area (Å²) in [5.74, 6) is -0.0726. The van der Waals surface area contributed by atoms with E-state index in [-0.39, 0.29) is 30.8 Å². The van der Waals surface area contributed by atoms with Gasteiger partial charge in [0.1, 0.15) is 0 Å². The molecular weight excluding hydrogens is 530 g/mol. The van der Waals surface area contributed by atoms with Gasteiger partial charge in [-0.05, 0) is 58.9 Å². The molecule has 1 amide bonds. The van der Waals surface area contributed by atoms with E-state index in [2.05, 4.69) is 10.3 Å². The SMILES string of the molecule is O=C(NC1CCCCCC1)c1ccc(-c2ccc(CN(Cc3cccnc3)S(=O)(=O)Cc3ccccc3)cc2)cc1. The standard InChI is InChI=1S/C34H37N3O3S/c38-34(36-33-12-6-1-2-7-13-33)32-20-18-31(19-21-32)30-16-14-27(15-17-30)24-37(25-29-11-8-22-35-23-29)41(39,40)26-28-9-4-3-5-10-28/h3-5,8-11,14-23,33H,1-2,6-7,12-13,24-26H2,(H,36,38). The van der Waals surface area contributed by atoms with Crippen LogP contribution in [0.15, 0.2) is 103 Å². The third-order valence-electron chi connectivity index (χ3n) is 7.65. The zero-order valence-electron chi connectivity index (χ0n) is 23.3. The highest BCUT2D eigenvalue weighted by Gasteiger charge is 2.23. The number of carbonyl (C=O) groups excluding carboxylic acids is 1. The fourth-order valence-electron chi connectivity index (χ4n) is 5.34. The van der Waals surface area contributed by atoms with E-state index in [1.807, 2.05) is 91.0 Å². The fraction of sp³-hybridized carbons (Fsp3) is 0.294. The second-order valence-electron chi connectivity index (χ2n) is 10.8. The maximum atomic E-state index is 13.5. The first-order valence-electron chi connectivity index (χ1n) is 14.4. The van der Waals surface area contributed by atoms with E-state index in [9.17, 15) is 13.2 Å². The normalized spacial score (nSPS) is 14.5. The van der Waals surface area contributed by atoms with Gasteiger partial charge in [0, 0.05) is 37.1 Å². The van der Waals surface area contributed by atoms with Crippen LogP contribution < -0.4 is 5.32 Å². The van der Waals surface area contributed by atoms with Crippen LogP contribution >= 0.6 is 0 Å². The van der Waals surface area contributed by atoms with Crippen molar-refractivity contribution >= 4 is 15.9 Å². The molecule has 1 heterocycles. The number of rotatable bonds is 10. The van der Waals surface area contributed by atoms with Crippen LogP contribution in [0.5, 0.6) is 0 Å². The lowest BCUT2D eigenvalue weighted by Gasteiger charge is -2.22. The van der Waals surface area contributed by atoms with Crippen LogP contribution in [0, 0.1) is 0 Å². The molecule has 0 bridgehead atoms. The summed E-state index contributed by atoms with van der Waals surface area (Å²) in [6.45, 7) is 0.500. The number of hydrogen-bond donors (Lipinski definition) is 1. The summed E-state index contributed by atoms with van der Waals surface area (Å²) < 4.78 is 28.5. The first-order chi connectivity index (χ1) is 20.0. The molecule has 0 unspecified atom stereocenters. The number of amides is 1. The molecule has 7 heteroatoms. The Bertz CT molecular complexity index is 1500. The smallest absolute Gasteiger partial charge is 0.251 e. The van der Waals surface area contributed by atoms with Crippen LogP contribution in [-0.2, 0) is 28.9 Å². The van der Waals surface area contributed by atoms with Gasteiger partial charge in [-0.2, -0.15) is 4.31 Å². The van der Waals surface area contributed by atoms with E-state index in [1.165, 1.54) is 30.0 Å². The molecule has 5 rings (SSSR count). The van der Waals surface area contributed by atoms with Gasteiger partial charge in [-0.25, -0.2) is 8.42 Å². The van der Waals surface area contributed by atoms with Crippen molar-refractivity contribution in [3.63, 3.8) is 0 Å². The molecule has 1 N–H and O–H groups in total. The van der Waals surface area contributed by atoms with E-state index >= 15 is 0 Å². The minimum Gasteiger partial charge on any atom is -0.349 e. The van der Waals surface area contributed by atoms with Gasteiger partial charge in [0.2, 0.25) is 10.0 Å². The van der Waals surface area contributed by atoms with E-state index in [0.717, 1.165) is 40.7 Å². The van der Waals surface area contributed by atoms with E-state index in [1.54, 1.807) is 12.4 Å². The van der Waals surface area contributed by atoms with E-state index < -0.39 is 10.0 Å². The van der Waals surface area contributed by atoms with Gasteiger partial charge in [-0.15, -0.1) is 0 Å². The number of aromatic nitrogens is 1. The molecule has 0 spiro atoms. The van der Waals surface area contributed by atoms with Gasteiger partial charge in [0.15, 0.2) is 0 Å². The molecule has 0 radical (unpaired) electrons. The monoisotopic (exact) mass is 567 g/mol. The first kappa shape index (κ1) is 28.7. The molecule has 4 aromatic rings. The molecule has 0 atom stereocenters. The molecule has 1 saturated carbocycles. The van der Waals surface area contributed by atoms with Crippen LogP contribution in [-0.4, -0.2) is 29.7 Å². The Morgan fingerprint density at radius 2 is 1.34 bits per heavy atom. The van der Waals surface area contributed by atoms with E-state index in [4.69, 9.17) is 0 Å². The van der Waals surface area contributed by atoms with Gasteiger partial charge >= 0.3 is 0 Å². The van der Waals surface area contributed by atoms with Crippen molar-refractivity contribution in [2.24, 2.45) is 0 Å². The van der Waals surface area contributed by atoms with Crippen LogP contribution in [0.4, 0.5) is 0 Å². The highest BCUT2D eigenvalue weighted by Crippen LogP contribution is 2.24. The van der Waals surface area contributed by atoms with Gasteiger partial charge in [0.05, 0.1) is 5.75 Å². The Labute approximate surface area is 243 Å². The molecule has 212 valence electrons. The number of nitrogens with one attached hydrogen (secondary N) is 1. The maximum Gasteiger partial charge on any atom is 0.251 e. The lowest BCUT2D eigenvalue weighted by atomic mass is 10.0. The molecule has 1 aliphatic carbocycles. The summed E-state index contributed by atoms with van der Waals surface area (Å²) in [6.07, 6.45) is 10.4. The van der Waals surface area contributed by atoms with Gasteiger partial charge in [-0.1, -0.05) is 98.5 Å². The summed E-state index contributed by atoms with van der Waals surface area (Å²) in [5, 5.41) is 3.21. The molecule has 1 aliphatic rings. The van der Waals surface area contributed by atoms with Crippen molar-refractivity contribution in [2.75, 3.05) is 0 Å². The van der Waals surface area contributed by atoms with Crippen molar-refractivity contribution in [3.05, 3.63) is 126 Å². The molecule has 0 aliphatic heterocycles. The first-order valence-corrected chi connectivity index (χ1v) is 16.0. The Morgan fingerprint density at radius 1 is 0.732 bits per heavy atom. The van der Waals surface area contributed by atoms with Crippen molar-refractivity contribution in [3.8, 4) is 11.1 Å². The average Bonchev–Trinajstić information content (AvgIpc) is 3.27. The number of nitrogens with zero attached hydrogens (tertiary/aromatic N) is 2. The second kappa shape index (κ2) is 13.7. The summed E-state index contributed by atoms with van der Waals surface area (Å²) in [6, 6.07) is 28.9. The number of carbonyl (C=O) groups is 1. The topological polar surface area (TPSA) is 79.4 Å². The highest BCUT2D eigenvalue weighted by molar-refractivity contribution is 7.88. The van der Waals surface area contributed by atoms with Gasteiger partial charge in [-0.3, -0.25) is 9.78 Å². The number of sulfonamides is 1. The number of hydrogen-bond acceptors (Lipinski definition) is 4. The van der Waals surface area contributed by atoms with Crippen molar-refractivity contribution < 1.29 is 13.2 Å². The molecule has 1 aromatic heterocycles. The third-order valence-corrected chi connectivity index (χ3v) is 9.39. The summed E-state index contributed by atoms with van der Waals surface area (Å²) in [5.41, 5.74) is 5.18. The average molecular weight is 568 g/mol. The predicted octanol–water partition coefficient (Wildman–Crippen LogP) is 6.73. The van der Waals surface area contributed by atoms with Crippen LogP contribution in [0.1, 0.15) is 65.6 Å². The quantitative estimate of drug-likeness (QED) is 0.216. The summed E-state index contributed by atoms with van der Waals surface area (Å²) >= 11 is 0. The van der Waals surface area contributed by atoms with Crippen LogP contribution in [0.3, 0.4) is 0 Å². The van der Waals surface area contributed by atoms with Crippen LogP contribution in [0.25, 0.3) is 11.1 Å². The lowest BCUT2D eigenvalue weighted by molar-refractivity contribution is 0.0933. The van der Waals surface area contributed by atoms with Gasteiger partial charge < -0.3 is 5.32 Å². The zero-order valence-corrected chi connectivity index (χ0v) is 24.1. The van der Waals surface area contributed by atoms with Crippen molar-refractivity contribution in [1.82, 2.24) is 14.6 Å². The lowest BCUT2D eigenvalue weighted by Crippen LogP contribution is -2.34. The van der Waals surface area contributed by atoms with Crippen LogP contribution in [0.2, 0.25) is 0 Å². The number of benzene rings is 3. The minimum absolute atomic E-state index is 0.00998. The van der Waals surface area contributed by atoms with Crippen molar-refractivity contribution in [2.45, 2.75) is 63.4 Å². The Kier molecular flexibility index (Phi) is 9.59. The van der Waals surface area contributed by atoms with Gasteiger partial charge in [0.25, 0.3) is 5.91 Å². The summed E-state index contributed by atoms with van der Waals surface area (Å²) in [7, 11) is -3.59. The third kappa shape index (κ3) is 8.12. The molecule has 41 heavy (non-hydrogen) atoms. The fourth-order valence-corrected chi connectivity index (χ4v) is 6.82. The predicted molar refractivity (Wildman–Crippen MR) is 163 cm³/mol. The number of pyridine rings is 1. The van der Waals surface area contributed by atoms with Crippen molar-refractivity contribution in [1.29, 1.82) is 0 Å². The highest BCUT2D eigenvalue weighted by atomic mass is 32.2. The van der Waals surface area contributed by atoms with E-state index in [0.29, 0.717) is 5.56 Å². The molecule has 6 nitrogen and oxygen atoms in total. The largest absolute Gasteiger partial charge is 0.349 e. The molecular formula is C34H37N3O3S. The Morgan fingerprint density at radius 3 is 1.98 bits per heavy atom. The Hall–Kier alpha value is -3.81. The summed E-state index contributed by atoms with van der Waals surface area (Å²) in [4.78, 5) is 16.9. The zero-order chi connectivity index (χ0) is 28.5. The molecule has 3 aromatic carbocycles. The maximum absolute atomic E-state index is 13.5.